The highest BCUT2D eigenvalue weighted by Crippen LogP contribution is 2.58. The second kappa shape index (κ2) is 3.73. The lowest BCUT2D eigenvalue weighted by atomic mass is 9.46. The Balaban J connectivity index is 1.76. The molecule has 4 heteroatoms. The molecule has 3 aliphatic rings. The van der Waals surface area contributed by atoms with E-state index in [9.17, 15) is 4.79 Å². The molecule has 0 radical (unpaired) electrons. The molecule has 3 N–H and O–H groups in total. The van der Waals surface area contributed by atoms with Crippen LogP contribution in [-0.4, -0.2) is 30.2 Å². The fourth-order valence-electron chi connectivity index (χ4n) is 4.03. The van der Waals surface area contributed by atoms with Gasteiger partial charge in [0.25, 0.3) is 0 Å². The molecular formula is C15H26N2O2. The molecule has 19 heavy (non-hydrogen) atoms. The molecule has 2 saturated carbocycles. The van der Waals surface area contributed by atoms with Gasteiger partial charge in [-0.1, -0.05) is 27.7 Å². The second-order valence-corrected chi connectivity index (χ2v) is 7.85. The Morgan fingerprint density at radius 1 is 1.32 bits per heavy atom. The first-order valence-electron chi connectivity index (χ1n) is 7.43. The quantitative estimate of drug-likeness (QED) is 0.795. The van der Waals surface area contributed by atoms with Crippen LogP contribution in [0, 0.1) is 16.7 Å². The molecule has 1 heterocycles. The lowest BCUT2D eigenvalue weighted by molar-refractivity contribution is -0.225. The van der Waals surface area contributed by atoms with Gasteiger partial charge in [-0.2, -0.15) is 0 Å². The van der Waals surface area contributed by atoms with Crippen LogP contribution in [0.3, 0.4) is 0 Å². The first-order chi connectivity index (χ1) is 8.71. The van der Waals surface area contributed by atoms with Crippen LogP contribution in [0.15, 0.2) is 0 Å². The van der Waals surface area contributed by atoms with E-state index >= 15 is 0 Å². The zero-order valence-corrected chi connectivity index (χ0v) is 12.5. The van der Waals surface area contributed by atoms with Gasteiger partial charge in [-0.05, 0) is 24.7 Å². The van der Waals surface area contributed by atoms with E-state index in [2.05, 4.69) is 33.0 Å². The highest BCUT2D eigenvalue weighted by Gasteiger charge is 2.70. The average molecular weight is 266 g/mol. The number of carbonyl (C=O) groups excluding carboxylic acids is 1. The van der Waals surface area contributed by atoms with Crippen molar-refractivity contribution in [2.24, 2.45) is 22.5 Å². The van der Waals surface area contributed by atoms with Crippen LogP contribution < -0.4 is 11.1 Å². The number of rotatable bonds is 2. The van der Waals surface area contributed by atoms with Gasteiger partial charge in [0.05, 0.1) is 6.10 Å². The number of nitrogens with one attached hydrogen (secondary N) is 1. The average Bonchev–Trinajstić information content (AvgIpc) is 2.95. The van der Waals surface area contributed by atoms with Crippen molar-refractivity contribution in [3.05, 3.63) is 0 Å². The fraction of sp³-hybridized carbons (Fsp3) is 0.933. The Hall–Kier alpha value is -0.610. The third-order valence-corrected chi connectivity index (χ3v) is 5.88. The number of hydrogen-bond donors (Lipinski definition) is 2. The van der Waals surface area contributed by atoms with Crippen molar-refractivity contribution in [2.45, 2.75) is 64.6 Å². The largest absolute Gasteiger partial charge is 0.377 e. The summed E-state index contributed by atoms with van der Waals surface area (Å²) in [5, 5.41) is 3.16. The van der Waals surface area contributed by atoms with Crippen LogP contribution in [0.5, 0.6) is 0 Å². The third kappa shape index (κ3) is 1.62. The van der Waals surface area contributed by atoms with Gasteiger partial charge < -0.3 is 15.8 Å². The smallest absolute Gasteiger partial charge is 0.241 e. The van der Waals surface area contributed by atoms with Crippen LogP contribution in [0.1, 0.15) is 47.0 Å². The van der Waals surface area contributed by atoms with Gasteiger partial charge in [-0.15, -0.1) is 0 Å². The van der Waals surface area contributed by atoms with Gasteiger partial charge >= 0.3 is 0 Å². The molecule has 1 aliphatic heterocycles. The summed E-state index contributed by atoms with van der Waals surface area (Å²) < 4.78 is 5.84. The van der Waals surface area contributed by atoms with Crippen molar-refractivity contribution < 1.29 is 9.53 Å². The fourth-order valence-corrected chi connectivity index (χ4v) is 4.03. The van der Waals surface area contributed by atoms with Gasteiger partial charge in [0.2, 0.25) is 5.91 Å². The van der Waals surface area contributed by atoms with Crippen molar-refractivity contribution in [3.8, 4) is 0 Å². The Kier molecular flexibility index (Phi) is 2.63. The van der Waals surface area contributed by atoms with Crippen molar-refractivity contribution in [2.75, 3.05) is 6.61 Å². The molecule has 4 unspecified atom stereocenters. The van der Waals surface area contributed by atoms with E-state index in [0.717, 1.165) is 25.9 Å². The summed E-state index contributed by atoms with van der Waals surface area (Å²) in [5.74, 6) is 0.206. The Morgan fingerprint density at radius 2 is 1.95 bits per heavy atom. The van der Waals surface area contributed by atoms with E-state index in [4.69, 9.17) is 10.5 Å². The van der Waals surface area contributed by atoms with E-state index in [1.54, 1.807) is 0 Å². The Bertz CT molecular complexity index is 418. The minimum atomic E-state index is -0.767. The number of carbonyl (C=O) groups is 1. The van der Waals surface area contributed by atoms with Gasteiger partial charge in [0.15, 0.2) is 0 Å². The molecule has 0 aromatic carbocycles. The van der Waals surface area contributed by atoms with E-state index in [0.29, 0.717) is 6.04 Å². The molecule has 108 valence electrons. The topological polar surface area (TPSA) is 64.4 Å². The molecule has 1 saturated heterocycles. The lowest BCUT2D eigenvalue weighted by Gasteiger charge is -2.65. The Morgan fingerprint density at radius 3 is 2.53 bits per heavy atom. The molecule has 0 spiro atoms. The number of amides is 1. The molecule has 4 nitrogen and oxygen atoms in total. The zero-order chi connectivity index (χ0) is 14.1. The van der Waals surface area contributed by atoms with Crippen molar-refractivity contribution in [3.63, 3.8) is 0 Å². The molecule has 3 fully saturated rings. The maximum atomic E-state index is 12.7. The zero-order valence-electron chi connectivity index (χ0n) is 12.5. The van der Waals surface area contributed by atoms with Crippen molar-refractivity contribution in [1.82, 2.24) is 5.32 Å². The molecule has 2 aliphatic carbocycles. The van der Waals surface area contributed by atoms with E-state index < -0.39 is 5.54 Å². The lowest BCUT2D eigenvalue weighted by Crippen LogP contribution is -2.82. The molecule has 0 bridgehead atoms. The summed E-state index contributed by atoms with van der Waals surface area (Å²) in [5.41, 5.74) is 5.75. The van der Waals surface area contributed by atoms with Gasteiger partial charge in [-0.3, -0.25) is 4.79 Å². The minimum absolute atomic E-state index is 0.0276. The monoisotopic (exact) mass is 266 g/mol. The van der Waals surface area contributed by atoms with Crippen LogP contribution in [0.25, 0.3) is 0 Å². The van der Waals surface area contributed by atoms with Gasteiger partial charge in [0.1, 0.15) is 5.54 Å². The first kappa shape index (κ1) is 13.4. The first-order valence-corrected chi connectivity index (χ1v) is 7.43. The molecule has 3 rings (SSSR count). The van der Waals surface area contributed by atoms with Crippen LogP contribution in [0.2, 0.25) is 0 Å². The summed E-state index contributed by atoms with van der Waals surface area (Å²) in [6.07, 6.45) is 3.22. The minimum Gasteiger partial charge on any atom is -0.377 e. The predicted molar refractivity (Wildman–Crippen MR) is 73.5 cm³/mol. The number of ether oxygens (including phenoxy) is 1. The van der Waals surface area contributed by atoms with Gasteiger partial charge in [-0.25, -0.2) is 0 Å². The highest BCUT2D eigenvalue weighted by atomic mass is 16.5. The third-order valence-electron chi connectivity index (χ3n) is 5.88. The van der Waals surface area contributed by atoms with Crippen LogP contribution in [0.4, 0.5) is 0 Å². The van der Waals surface area contributed by atoms with E-state index in [1.165, 1.54) is 0 Å². The van der Waals surface area contributed by atoms with Crippen molar-refractivity contribution >= 4 is 5.91 Å². The summed E-state index contributed by atoms with van der Waals surface area (Å²) in [7, 11) is 0. The molecule has 0 aromatic heterocycles. The normalized spacial score (nSPS) is 45.8. The standard InChI is InChI=1S/C15H26N2O2/c1-13(2)8-10(13)17-12(18)15(16)9-6-5-7-19-11(9)14(15,3)4/h9-11H,5-8,16H2,1-4H3,(H,17,18). The Labute approximate surface area is 115 Å². The summed E-state index contributed by atoms with van der Waals surface area (Å²) in [6.45, 7) is 9.30. The number of hydrogen-bond acceptors (Lipinski definition) is 3. The number of nitrogens with two attached hydrogens (primary N) is 1. The number of fused-ring (bicyclic) bond motifs is 1. The molecule has 4 atom stereocenters. The highest BCUT2D eigenvalue weighted by molar-refractivity contribution is 5.90. The van der Waals surface area contributed by atoms with Crippen LogP contribution >= 0.6 is 0 Å². The van der Waals surface area contributed by atoms with E-state index in [-0.39, 0.29) is 28.8 Å². The van der Waals surface area contributed by atoms with Crippen molar-refractivity contribution in [1.29, 1.82) is 0 Å². The molecular weight excluding hydrogens is 240 g/mol. The summed E-state index contributed by atoms with van der Waals surface area (Å²) in [4.78, 5) is 12.7. The summed E-state index contributed by atoms with van der Waals surface area (Å²) in [6, 6.07) is 0.291. The van der Waals surface area contributed by atoms with Gasteiger partial charge in [0, 0.05) is 24.0 Å². The second-order valence-electron chi connectivity index (χ2n) is 7.85. The summed E-state index contributed by atoms with van der Waals surface area (Å²) >= 11 is 0. The molecule has 1 amide bonds. The van der Waals surface area contributed by atoms with E-state index in [1.807, 2.05) is 0 Å². The predicted octanol–water partition coefficient (Wildman–Crippen LogP) is 1.43. The molecule has 0 aromatic rings. The maximum Gasteiger partial charge on any atom is 0.241 e. The SMILES string of the molecule is CC1(C)CC1NC(=O)C1(N)C2CCCOC2C1(C)C. The van der Waals surface area contributed by atoms with Crippen LogP contribution in [-0.2, 0) is 9.53 Å². The maximum absolute atomic E-state index is 12.7.